The molecule has 3 rings (SSSR count). The third kappa shape index (κ3) is 3.55. The lowest BCUT2D eigenvalue weighted by Crippen LogP contribution is -2.30. The lowest BCUT2D eigenvalue weighted by molar-refractivity contribution is -0.113. The van der Waals surface area contributed by atoms with Gasteiger partial charge in [0.2, 0.25) is 0 Å². The van der Waals surface area contributed by atoms with Crippen LogP contribution in [-0.4, -0.2) is 26.0 Å². The van der Waals surface area contributed by atoms with Crippen molar-refractivity contribution in [1.29, 1.82) is 0 Å². The summed E-state index contributed by atoms with van der Waals surface area (Å²) >= 11 is 9.46. The highest BCUT2D eigenvalue weighted by atomic mass is 79.9. The van der Waals surface area contributed by atoms with Crippen LogP contribution in [0.3, 0.4) is 0 Å². The predicted octanol–water partition coefficient (Wildman–Crippen LogP) is 4.27. The average Bonchev–Trinajstić information content (AvgIpc) is 2.81. The van der Waals surface area contributed by atoms with E-state index in [9.17, 15) is 9.59 Å². The van der Waals surface area contributed by atoms with Gasteiger partial charge in [0.15, 0.2) is 0 Å². The molecule has 3 amide bonds. The van der Waals surface area contributed by atoms with Gasteiger partial charge in [0.1, 0.15) is 5.70 Å². The molecule has 1 saturated heterocycles. The summed E-state index contributed by atoms with van der Waals surface area (Å²) in [5, 5.41) is 3.06. The Labute approximate surface area is 159 Å². The number of urea groups is 1. The Morgan fingerprint density at radius 1 is 1.16 bits per heavy atom. The highest BCUT2D eigenvalue weighted by Crippen LogP contribution is 2.28. The summed E-state index contributed by atoms with van der Waals surface area (Å²) in [5.74, 6) is -0.417. The summed E-state index contributed by atoms with van der Waals surface area (Å²) in [6.07, 6.45) is 1.65. The van der Waals surface area contributed by atoms with Gasteiger partial charge in [-0.25, -0.2) is 9.69 Å². The Balaban J connectivity index is 1.92. The van der Waals surface area contributed by atoms with Gasteiger partial charge in [-0.3, -0.25) is 4.79 Å². The first-order valence-corrected chi connectivity index (χ1v) is 8.63. The number of amides is 3. The maximum Gasteiger partial charge on any atom is 0.333 e. The first-order chi connectivity index (χ1) is 11.9. The number of hydrogen-bond donors (Lipinski definition) is 1. The van der Waals surface area contributed by atoms with Gasteiger partial charge in [-0.1, -0.05) is 23.7 Å². The average molecular weight is 421 g/mol. The third-order valence-electron chi connectivity index (χ3n) is 3.71. The topological polar surface area (TPSA) is 52.7 Å². The van der Waals surface area contributed by atoms with Gasteiger partial charge < -0.3 is 10.2 Å². The van der Waals surface area contributed by atoms with E-state index >= 15 is 0 Å². The Morgan fingerprint density at radius 3 is 2.56 bits per heavy atom. The number of carbonyl (C=O) groups excluding carboxylic acids is 2. The zero-order valence-electron chi connectivity index (χ0n) is 13.6. The number of benzene rings is 2. The second kappa shape index (κ2) is 6.90. The minimum Gasteiger partial charge on any atom is -0.377 e. The van der Waals surface area contributed by atoms with Crippen LogP contribution < -0.4 is 15.1 Å². The quantitative estimate of drug-likeness (QED) is 0.596. The molecule has 1 heterocycles. The van der Waals surface area contributed by atoms with Gasteiger partial charge in [0.05, 0.1) is 11.4 Å². The van der Waals surface area contributed by atoms with Crippen LogP contribution in [0.5, 0.6) is 0 Å². The van der Waals surface area contributed by atoms with Gasteiger partial charge in [-0.2, -0.15) is 0 Å². The number of anilines is 2. The fourth-order valence-corrected chi connectivity index (χ4v) is 3.46. The Hall–Kier alpha value is -2.31. The Bertz CT molecular complexity index is 896. The molecule has 0 saturated carbocycles. The monoisotopic (exact) mass is 419 g/mol. The smallest absolute Gasteiger partial charge is 0.333 e. The van der Waals surface area contributed by atoms with Crippen LogP contribution in [0.15, 0.2) is 52.6 Å². The second-order valence-corrected chi connectivity index (χ2v) is 7.00. The molecular weight excluding hydrogens is 406 g/mol. The maximum absolute atomic E-state index is 12.6. The molecule has 1 N–H and O–H groups in total. The second-order valence-electron chi connectivity index (χ2n) is 5.71. The third-order valence-corrected chi connectivity index (χ3v) is 4.58. The van der Waals surface area contributed by atoms with Crippen molar-refractivity contribution in [1.82, 2.24) is 5.32 Å². The summed E-state index contributed by atoms with van der Waals surface area (Å²) in [6.45, 7) is 0. The van der Waals surface area contributed by atoms with Crippen molar-refractivity contribution in [3.05, 3.63) is 63.2 Å². The lowest BCUT2D eigenvalue weighted by Gasteiger charge is -2.14. The standard InChI is InChI=1S/C18H15BrClN3O2/c1-22(2)16-7-6-11(8-14(16)19)9-15-17(24)23(18(25)21-15)13-5-3-4-12(20)10-13/h3-10H,1-2H3,(H,21,25)/b15-9+. The predicted molar refractivity (Wildman–Crippen MR) is 104 cm³/mol. The summed E-state index contributed by atoms with van der Waals surface area (Å²) in [6, 6.07) is 11.8. The van der Waals surface area contributed by atoms with E-state index in [-0.39, 0.29) is 5.70 Å². The number of nitrogens with one attached hydrogen (secondary N) is 1. The zero-order chi connectivity index (χ0) is 18.1. The van der Waals surface area contributed by atoms with Gasteiger partial charge >= 0.3 is 6.03 Å². The molecule has 128 valence electrons. The number of nitrogens with zero attached hydrogens (tertiary/aromatic N) is 2. The molecule has 5 nitrogen and oxygen atoms in total. The van der Waals surface area contributed by atoms with Gasteiger partial charge in [0, 0.05) is 23.6 Å². The van der Waals surface area contributed by atoms with Crippen LogP contribution in [0.2, 0.25) is 5.02 Å². The molecule has 2 aromatic carbocycles. The Kier molecular flexibility index (Phi) is 4.83. The zero-order valence-corrected chi connectivity index (χ0v) is 15.9. The molecule has 1 fully saturated rings. The number of carbonyl (C=O) groups is 2. The van der Waals surface area contributed by atoms with Crippen molar-refractivity contribution in [3.8, 4) is 0 Å². The summed E-state index contributed by atoms with van der Waals surface area (Å²) in [7, 11) is 3.89. The van der Waals surface area contributed by atoms with E-state index in [4.69, 9.17) is 11.6 Å². The molecule has 0 bridgehead atoms. The molecule has 0 radical (unpaired) electrons. The fourth-order valence-electron chi connectivity index (χ4n) is 2.53. The molecule has 0 aliphatic carbocycles. The van der Waals surface area contributed by atoms with Crippen LogP contribution in [0.1, 0.15) is 5.56 Å². The minimum atomic E-state index is -0.498. The molecule has 2 aromatic rings. The van der Waals surface area contributed by atoms with E-state index in [0.29, 0.717) is 10.7 Å². The maximum atomic E-state index is 12.6. The first-order valence-electron chi connectivity index (χ1n) is 7.46. The van der Waals surface area contributed by atoms with Gasteiger partial charge in [0.25, 0.3) is 5.91 Å². The molecule has 7 heteroatoms. The van der Waals surface area contributed by atoms with E-state index in [2.05, 4.69) is 21.2 Å². The van der Waals surface area contributed by atoms with Crippen molar-refractivity contribution in [3.63, 3.8) is 0 Å². The number of hydrogen-bond acceptors (Lipinski definition) is 3. The lowest BCUT2D eigenvalue weighted by atomic mass is 10.1. The van der Waals surface area contributed by atoms with Crippen LogP contribution >= 0.6 is 27.5 Å². The number of halogens is 2. The molecule has 0 spiro atoms. The highest BCUT2D eigenvalue weighted by molar-refractivity contribution is 9.10. The fraction of sp³-hybridized carbons (Fsp3) is 0.111. The molecule has 1 aliphatic heterocycles. The number of imide groups is 1. The molecule has 1 aliphatic rings. The van der Waals surface area contributed by atoms with E-state index in [1.165, 1.54) is 0 Å². The van der Waals surface area contributed by atoms with Crippen LogP contribution in [0.4, 0.5) is 16.2 Å². The van der Waals surface area contributed by atoms with E-state index < -0.39 is 11.9 Å². The summed E-state index contributed by atoms with van der Waals surface area (Å²) < 4.78 is 0.898. The van der Waals surface area contributed by atoms with Crippen molar-refractivity contribution in [2.45, 2.75) is 0 Å². The summed E-state index contributed by atoms with van der Waals surface area (Å²) in [4.78, 5) is 27.9. The molecule has 0 unspecified atom stereocenters. The molecule has 25 heavy (non-hydrogen) atoms. The minimum absolute atomic E-state index is 0.217. The van der Waals surface area contributed by atoms with Gasteiger partial charge in [-0.15, -0.1) is 0 Å². The Morgan fingerprint density at radius 2 is 1.92 bits per heavy atom. The van der Waals surface area contributed by atoms with E-state index in [1.54, 1.807) is 30.3 Å². The highest BCUT2D eigenvalue weighted by Gasteiger charge is 2.34. The normalized spacial score (nSPS) is 15.7. The van der Waals surface area contributed by atoms with Crippen LogP contribution in [0, 0.1) is 0 Å². The van der Waals surface area contributed by atoms with E-state index in [0.717, 1.165) is 20.6 Å². The van der Waals surface area contributed by atoms with Crippen LogP contribution in [0.25, 0.3) is 6.08 Å². The van der Waals surface area contributed by atoms with Gasteiger partial charge in [-0.05, 0) is 57.9 Å². The SMILES string of the molecule is CN(C)c1ccc(/C=C2/NC(=O)N(c3cccc(Cl)c3)C2=O)cc1Br. The van der Waals surface area contributed by atoms with Crippen molar-refractivity contribution < 1.29 is 9.59 Å². The van der Waals surface area contributed by atoms with Crippen molar-refractivity contribution >= 4 is 56.9 Å². The summed E-state index contributed by atoms with van der Waals surface area (Å²) in [5.41, 5.74) is 2.47. The molecule has 0 atom stereocenters. The molecule has 0 aromatic heterocycles. The molecular formula is C18H15BrClN3O2. The van der Waals surface area contributed by atoms with Crippen LogP contribution in [-0.2, 0) is 4.79 Å². The number of rotatable bonds is 3. The van der Waals surface area contributed by atoms with Crippen molar-refractivity contribution in [2.24, 2.45) is 0 Å². The van der Waals surface area contributed by atoms with E-state index in [1.807, 2.05) is 37.2 Å². The van der Waals surface area contributed by atoms with Crippen molar-refractivity contribution in [2.75, 3.05) is 23.9 Å². The first kappa shape index (κ1) is 17.5. The largest absolute Gasteiger partial charge is 0.377 e.